The van der Waals surface area contributed by atoms with Crippen molar-refractivity contribution >= 4 is 17.6 Å². The van der Waals surface area contributed by atoms with Crippen molar-refractivity contribution in [2.45, 2.75) is 31.7 Å². The first-order valence-corrected chi connectivity index (χ1v) is 7.26. The second-order valence-corrected chi connectivity index (χ2v) is 5.78. The molecule has 1 fully saturated rings. The predicted molar refractivity (Wildman–Crippen MR) is 81.4 cm³/mol. The minimum absolute atomic E-state index is 0.117. The number of carbonyl (C=O) groups excluding carboxylic acids is 1. The largest absolute Gasteiger partial charge is 0.480 e. The van der Waals surface area contributed by atoms with Crippen LogP contribution in [0.2, 0.25) is 0 Å². The SMILES string of the molecule is CN(C)c1ccc(CCC(=O)NC(C(=O)O)C2CC2)cc1. The van der Waals surface area contributed by atoms with Gasteiger partial charge in [-0.15, -0.1) is 0 Å². The Balaban J connectivity index is 1.81. The number of hydrogen-bond donors (Lipinski definition) is 2. The van der Waals surface area contributed by atoms with E-state index in [1.165, 1.54) is 0 Å². The summed E-state index contributed by atoms with van der Waals surface area (Å²) in [5, 5.41) is 11.7. The molecule has 0 saturated heterocycles. The first-order valence-electron chi connectivity index (χ1n) is 7.26. The van der Waals surface area contributed by atoms with Gasteiger partial charge < -0.3 is 15.3 Å². The molecule has 0 aliphatic heterocycles. The van der Waals surface area contributed by atoms with Crippen molar-refractivity contribution < 1.29 is 14.7 Å². The van der Waals surface area contributed by atoms with Gasteiger partial charge in [-0.25, -0.2) is 4.79 Å². The maximum Gasteiger partial charge on any atom is 0.326 e. The van der Waals surface area contributed by atoms with E-state index in [9.17, 15) is 9.59 Å². The molecule has 0 heterocycles. The van der Waals surface area contributed by atoms with Crippen LogP contribution in [0.4, 0.5) is 5.69 Å². The lowest BCUT2D eigenvalue weighted by Gasteiger charge is -2.14. The molecule has 1 aromatic carbocycles. The van der Waals surface area contributed by atoms with Crippen LogP contribution >= 0.6 is 0 Å². The summed E-state index contributed by atoms with van der Waals surface area (Å²) in [5.41, 5.74) is 2.19. The Kier molecular flexibility index (Phi) is 4.83. The van der Waals surface area contributed by atoms with Gasteiger partial charge in [0.25, 0.3) is 0 Å². The molecule has 0 aromatic heterocycles. The summed E-state index contributed by atoms with van der Waals surface area (Å²) in [6.45, 7) is 0. The van der Waals surface area contributed by atoms with Gasteiger partial charge in [0.15, 0.2) is 0 Å². The highest BCUT2D eigenvalue weighted by atomic mass is 16.4. The number of hydrogen-bond acceptors (Lipinski definition) is 3. The van der Waals surface area contributed by atoms with Crippen molar-refractivity contribution in [3.05, 3.63) is 29.8 Å². The molecule has 1 aromatic rings. The highest BCUT2D eigenvalue weighted by molar-refractivity contribution is 5.84. The number of carboxylic acids is 1. The van der Waals surface area contributed by atoms with E-state index in [1.54, 1.807) is 0 Å². The number of benzene rings is 1. The molecule has 2 rings (SSSR count). The third-order valence-corrected chi connectivity index (χ3v) is 3.77. The van der Waals surface area contributed by atoms with Crippen LogP contribution in [0.15, 0.2) is 24.3 Å². The van der Waals surface area contributed by atoms with Crippen LogP contribution < -0.4 is 10.2 Å². The second-order valence-electron chi connectivity index (χ2n) is 5.78. The highest BCUT2D eigenvalue weighted by Crippen LogP contribution is 2.32. The van der Waals surface area contributed by atoms with Crippen molar-refractivity contribution in [3.63, 3.8) is 0 Å². The van der Waals surface area contributed by atoms with E-state index in [0.29, 0.717) is 12.8 Å². The molecule has 1 amide bonds. The van der Waals surface area contributed by atoms with Crippen molar-refractivity contribution in [2.75, 3.05) is 19.0 Å². The number of carboxylic acid groups (broad SMARTS) is 1. The third-order valence-electron chi connectivity index (χ3n) is 3.77. The molecule has 21 heavy (non-hydrogen) atoms. The zero-order chi connectivity index (χ0) is 15.4. The molecule has 0 bridgehead atoms. The number of rotatable bonds is 7. The Bertz CT molecular complexity index is 507. The van der Waals surface area contributed by atoms with Gasteiger partial charge in [0, 0.05) is 26.2 Å². The Morgan fingerprint density at radius 2 is 1.90 bits per heavy atom. The van der Waals surface area contributed by atoms with Crippen LogP contribution in [0.5, 0.6) is 0 Å². The molecule has 0 spiro atoms. The summed E-state index contributed by atoms with van der Waals surface area (Å²) >= 11 is 0. The van der Waals surface area contributed by atoms with Crippen LogP contribution in [-0.4, -0.2) is 37.1 Å². The van der Waals surface area contributed by atoms with Crippen molar-refractivity contribution in [2.24, 2.45) is 5.92 Å². The molecule has 114 valence electrons. The third kappa shape index (κ3) is 4.48. The number of aryl methyl sites for hydroxylation is 1. The first kappa shape index (κ1) is 15.4. The molecule has 5 nitrogen and oxygen atoms in total. The normalized spacial score (nSPS) is 15.3. The van der Waals surface area contributed by atoms with E-state index in [1.807, 2.05) is 43.3 Å². The lowest BCUT2D eigenvalue weighted by molar-refractivity contribution is -0.142. The molecule has 1 atom stereocenters. The Hall–Kier alpha value is -2.04. The minimum Gasteiger partial charge on any atom is -0.480 e. The van der Waals surface area contributed by atoms with Crippen LogP contribution in [-0.2, 0) is 16.0 Å². The monoisotopic (exact) mass is 290 g/mol. The van der Waals surface area contributed by atoms with Crippen molar-refractivity contribution in [1.82, 2.24) is 5.32 Å². The highest BCUT2D eigenvalue weighted by Gasteiger charge is 2.37. The van der Waals surface area contributed by atoms with E-state index in [-0.39, 0.29) is 11.8 Å². The Morgan fingerprint density at radius 3 is 2.38 bits per heavy atom. The standard InChI is InChI=1S/C16H22N2O3/c1-18(2)13-8-3-11(4-9-13)5-10-14(19)17-15(16(20)21)12-6-7-12/h3-4,8-9,12,15H,5-7,10H2,1-2H3,(H,17,19)(H,20,21). The van der Waals surface area contributed by atoms with Gasteiger partial charge >= 0.3 is 5.97 Å². The Morgan fingerprint density at radius 1 is 1.29 bits per heavy atom. The van der Waals surface area contributed by atoms with Gasteiger partial charge in [-0.05, 0) is 42.9 Å². The van der Waals surface area contributed by atoms with Crippen molar-refractivity contribution in [1.29, 1.82) is 0 Å². The number of aliphatic carboxylic acids is 1. The zero-order valence-corrected chi connectivity index (χ0v) is 12.5. The molecular weight excluding hydrogens is 268 g/mol. The van der Waals surface area contributed by atoms with Gasteiger partial charge in [0.1, 0.15) is 6.04 Å². The maximum atomic E-state index is 11.9. The molecule has 1 aliphatic carbocycles. The molecule has 0 radical (unpaired) electrons. The fourth-order valence-corrected chi connectivity index (χ4v) is 2.28. The lowest BCUT2D eigenvalue weighted by atomic mass is 10.1. The minimum atomic E-state index is -0.929. The number of anilines is 1. The zero-order valence-electron chi connectivity index (χ0n) is 12.5. The number of nitrogens with one attached hydrogen (secondary N) is 1. The average Bonchev–Trinajstić information content (AvgIpc) is 3.27. The second kappa shape index (κ2) is 6.61. The summed E-state index contributed by atoms with van der Waals surface area (Å²) in [6.07, 6.45) is 2.72. The molecular formula is C16H22N2O3. The van der Waals surface area contributed by atoms with E-state index < -0.39 is 12.0 Å². The molecule has 1 aliphatic rings. The van der Waals surface area contributed by atoms with E-state index in [0.717, 1.165) is 24.1 Å². The van der Waals surface area contributed by atoms with Gasteiger partial charge in [-0.2, -0.15) is 0 Å². The van der Waals surface area contributed by atoms with Gasteiger partial charge in [0.2, 0.25) is 5.91 Å². The number of carbonyl (C=O) groups is 2. The summed E-state index contributed by atoms with van der Waals surface area (Å²) in [4.78, 5) is 24.9. The number of nitrogens with zero attached hydrogens (tertiary/aromatic N) is 1. The summed E-state index contributed by atoms with van der Waals surface area (Å²) < 4.78 is 0. The van der Waals surface area contributed by atoms with E-state index in [2.05, 4.69) is 5.32 Å². The average molecular weight is 290 g/mol. The first-order chi connectivity index (χ1) is 9.97. The molecule has 1 unspecified atom stereocenters. The topological polar surface area (TPSA) is 69.6 Å². The number of amides is 1. The lowest BCUT2D eigenvalue weighted by Crippen LogP contribution is -2.42. The maximum absolute atomic E-state index is 11.9. The van der Waals surface area contributed by atoms with Crippen LogP contribution in [0.25, 0.3) is 0 Å². The van der Waals surface area contributed by atoms with Crippen molar-refractivity contribution in [3.8, 4) is 0 Å². The van der Waals surface area contributed by atoms with Gasteiger partial charge in [-0.3, -0.25) is 4.79 Å². The summed E-state index contributed by atoms with van der Waals surface area (Å²) in [7, 11) is 3.96. The summed E-state index contributed by atoms with van der Waals surface area (Å²) in [5.74, 6) is -1.00. The van der Waals surface area contributed by atoms with Crippen LogP contribution in [0.1, 0.15) is 24.8 Å². The Labute approximate surface area is 125 Å². The fourth-order valence-electron chi connectivity index (χ4n) is 2.28. The van der Waals surface area contributed by atoms with Gasteiger partial charge in [-0.1, -0.05) is 12.1 Å². The van der Waals surface area contributed by atoms with Crippen LogP contribution in [0, 0.1) is 5.92 Å². The van der Waals surface area contributed by atoms with E-state index in [4.69, 9.17) is 5.11 Å². The molecule has 5 heteroatoms. The van der Waals surface area contributed by atoms with Gasteiger partial charge in [0.05, 0.1) is 0 Å². The van der Waals surface area contributed by atoms with E-state index >= 15 is 0 Å². The molecule has 1 saturated carbocycles. The predicted octanol–water partition coefficient (Wildman–Crippen LogP) is 1.66. The molecule has 2 N–H and O–H groups in total. The quantitative estimate of drug-likeness (QED) is 0.801. The smallest absolute Gasteiger partial charge is 0.326 e. The van der Waals surface area contributed by atoms with Crippen LogP contribution in [0.3, 0.4) is 0 Å². The summed E-state index contributed by atoms with van der Waals surface area (Å²) in [6, 6.07) is 7.30. The fraction of sp³-hybridized carbons (Fsp3) is 0.500.